The van der Waals surface area contributed by atoms with E-state index in [0.29, 0.717) is 30.2 Å². The third-order valence-corrected chi connectivity index (χ3v) is 5.65. The van der Waals surface area contributed by atoms with Gasteiger partial charge in [0.05, 0.1) is 12.8 Å². The van der Waals surface area contributed by atoms with Crippen LogP contribution >= 0.6 is 23.2 Å². The normalized spacial score (nSPS) is 14.8. The number of nitrogens with one attached hydrogen (secondary N) is 1. The van der Waals surface area contributed by atoms with E-state index in [1.54, 1.807) is 0 Å². The highest BCUT2D eigenvalue weighted by Gasteiger charge is 2.11. The molecule has 1 aliphatic rings. The van der Waals surface area contributed by atoms with Gasteiger partial charge in [-0.05, 0) is 49.0 Å². The first-order chi connectivity index (χ1) is 15.9. The Morgan fingerprint density at radius 1 is 1.21 bits per heavy atom. The molecule has 0 unspecified atom stereocenters. The Hall–Kier alpha value is -2.41. The van der Waals surface area contributed by atoms with Gasteiger partial charge in [0.25, 0.3) is 0 Å². The van der Waals surface area contributed by atoms with E-state index in [0.717, 1.165) is 40.3 Å². The van der Waals surface area contributed by atoms with Crippen LogP contribution in [-0.2, 0) is 9.53 Å². The predicted molar refractivity (Wildman–Crippen MR) is 136 cm³/mol. The smallest absolute Gasteiger partial charge is 0.318 e. The number of ketones is 1. The molecule has 0 fully saturated rings. The average molecular weight is 492 g/mol. The van der Waals surface area contributed by atoms with Crippen LogP contribution in [0.3, 0.4) is 0 Å². The van der Waals surface area contributed by atoms with E-state index in [2.05, 4.69) is 15.3 Å². The molecule has 0 saturated heterocycles. The summed E-state index contributed by atoms with van der Waals surface area (Å²) in [6.07, 6.45) is 12.2. The van der Waals surface area contributed by atoms with E-state index in [-0.39, 0.29) is 18.4 Å². The maximum Gasteiger partial charge on any atom is 0.318 e. The van der Waals surface area contributed by atoms with Crippen LogP contribution in [0.15, 0.2) is 57.7 Å². The van der Waals surface area contributed by atoms with Crippen LogP contribution in [0.25, 0.3) is 5.57 Å². The van der Waals surface area contributed by atoms with Crippen molar-refractivity contribution in [3.05, 3.63) is 63.4 Å². The van der Waals surface area contributed by atoms with E-state index in [4.69, 9.17) is 32.7 Å². The molecule has 0 aliphatic heterocycles. The van der Waals surface area contributed by atoms with E-state index in [1.807, 2.05) is 50.3 Å². The van der Waals surface area contributed by atoms with Crippen molar-refractivity contribution in [3.63, 3.8) is 0 Å². The summed E-state index contributed by atoms with van der Waals surface area (Å²) in [5.41, 5.74) is 3.41. The van der Waals surface area contributed by atoms with Crippen molar-refractivity contribution in [2.75, 3.05) is 32.7 Å². The van der Waals surface area contributed by atoms with Gasteiger partial charge in [0, 0.05) is 36.2 Å². The minimum absolute atomic E-state index is 0.0111. The van der Waals surface area contributed by atoms with E-state index in [1.165, 1.54) is 14.2 Å². The van der Waals surface area contributed by atoms with Crippen molar-refractivity contribution < 1.29 is 14.3 Å². The fraction of sp³-hybridized carbons (Fsp3) is 0.400. The number of carbonyl (C=O) groups excluding carboxylic acids is 1. The lowest BCUT2D eigenvalue weighted by molar-refractivity contribution is -0.119. The average Bonchev–Trinajstić information content (AvgIpc) is 2.97. The van der Waals surface area contributed by atoms with Gasteiger partial charge >= 0.3 is 6.01 Å². The van der Waals surface area contributed by atoms with Crippen LogP contribution in [0.2, 0.25) is 0 Å². The molecule has 8 heteroatoms. The second kappa shape index (κ2) is 14.0. The zero-order valence-corrected chi connectivity index (χ0v) is 21.1. The first-order valence-electron chi connectivity index (χ1n) is 10.8. The van der Waals surface area contributed by atoms with Crippen LogP contribution in [0.4, 0.5) is 5.82 Å². The lowest BCUT2D eigenvalue weighted by Gasteiger charge is -2.11. The summed E-state index contributed by atoms with van der Waals surface area (Å²) in [6, 6.07) is 2.14. The SMILES string of the molecule is CC/C=C(\C/C=C(\C)c1cc(NCCC2=C(Cl)CC=C(Cl)C=C2)nc(OC)n1)C(=O)COC. The Morgan fingerprint density at radius 3 is 2.70 bits per heavy atom. The number of rotatable bonds is 12. The molecule has 0 bridgehead atoms. The van der Waals surface area contributed by atoms with E-state index >= 15 is 0 Å². The molecule has 1 heterocycles. The van der Waals surface area contributed by atoms with Crippen molar-refractivity contribution in [2.24, 2.45) is 0 Å². The molecule has 2 rings (SSSR count). The molecule has 33 heavy (non-hydrogen) atoms. The molecule has 178 valence electrons. The molecule has 0 aromatic carbocycles. The largest absolute Gasteiger partial charge is 0.467 e. The highest BCUT2D eigenvalue weighted by atomic mass is 35.5. The molecule has 1 aromatic heterocycles. The molecule has 0 radical (unpaired) electrons. The molecule has 0 saturated carbocycles. The quantitative estimate of drug-likeness (QED) is 0.350. The van der Waals surface area contributed by atoms with Crippen LogP contribution in [-0.4, -0.2) is 43.1 Å². The third kappa shape index (κ3) is 8.80. The number of nitrogens with zero attached hydrogens (tertiary/aromatic N) is 2. The Balaban J connectivity index is 2.11. The summed E-state index contributed by atoms with van der Waals surface area (Å²) in [5.74, 6) is 0.637. The highest BCUT2D eigenvalue weighted by Crippen LogP contribution is 2.25. The number of hydrogen-bond donors (Lipinski definition) is 1. The second-order valence-corrected chi connectivity index (χ2v) is 8.34. The molecule has 1 N–H and O–H groups in total. The van der Waals surface area contributed by atoms with Gasteiger partial charge in [0.2, 0.25) is 0 Å². The molecule has 0 spiro atoms. The summed E-state index contributed by atoms with van der Waals surface area (Å²) >= 11 is 12.4. The number of aromatic nitrogens is 2. The summed E-state index contributed by atoms with van der Waals surface area (Å²) in [4.78, 5) is 21.1. The summed E-state index contributed by atoms with van der Waals surface area (Å²) in [6.45, 7) is 4.66. The number of carbonyl (C=O) groups is 1. The molecule has 1 aromatic rings. The Labute approximate surface area is 206 Å². The lowest BCUT2D eigenvalue weighted by atomic mass is 10.0. The van der Waals surface area contributed by atoms with Gasteiger partial charge < -0.3 is 14.8 Å². The van der Waals surface area contributed by atoms with Crippen molar-refractivity contribution in [1.29, 1.82) is 0 Å². The maximum atomic E-state index is 12.2. The maximum absolute atomic E-state index is 12.2. The number of hydrogen-bond acceptors (Lipinski definition) is 6. The second-order valence-electron chi connectivity index (χ2n) is 7.44. The number of ether oxygens (including phenoxy) is 2. The van der Waals surface area contributed by atoms with E-state index in [9.17, 15) is 4.79 Å². The number of allylic oxidation sites excluding steroid dienone is 8. The Bertz CT molecular complexity index is 995. The Kier molecular flexibility index (Phi) is 11.4. The zero-order chi connectivity index (χ0) is 24.2. The van der Waals surface area contributed by atoms with Crippen LogP contribution < -0.4 is 10.1 Å². The number of methoxy groups -OCH3 is 2. The molecule has 1 aliphatic carbocycles. The molecule has 0 amide bonds. The van der Waals surface area contributed by atoms with Crippen molar-refractivity contribution in [1.82, 2.24) is 9.97 Å². The monoisotopic (exact) mass is 491 g/mol. The number of Topliss-reactive ketones (excluding diaryl/α,β-unsaturated/α-hetero) is 1. The van der Waals surface area contributed by atoms with Crippen molar-refractivity contribution >= 4 is 40.4 Å². The molecular weight excluding hydrogens is 461 g/mol. The fourth-order valence-electron chi connectivity index (χ4n) is 3.16. The predicted octanol–water partition coefficient (Wildman–Crippen LogP) is 6.21. The number of halogens is 2. The van der Waals surface area contributed by atoms with Gasteiger partial charge in [-0.2, -0.15) is 9.97 Å². The summed E-state index contributed by atoms with van der Waals surface area (Å²) in [7, 11) is 3.05. The van der Waals surface area contributed by atoms with Crippen LogP contribution in [0.1, 0.15) is 45.2 Å². The molecular formula is C25H31Cl2N3O3. The number of anilines is 1. The topological polar surface area (TPSA) is 73.3 Å². The summed E-state index contributed by atoms with van der Waals surface area (Å²) in [5, 5.41) is 4.78. The Morgan fingerprint density at radius 2 is 2.00 bits per heavy atom. The van der Waals surface area contributed by atoms with Crippen molar-refractivity contribution in [3.8, 4) is 6.01 Å². The minimum Gasteiger partial charge on any atom is -0.467 e. The van der Waals surface area contributed by atoms with Gasteiger partial charge in [-0.1, -0.05) is 54.4 Å². The third-order valence-electron chi connectivity index (χ3n) is 4.97. The van der Waals surface area contributed by atoms with Gasteiger partial charge in [0.15, 0.2) is 5.78 Å². The fourth-order valence-corrected chi connectivity index (χ4v) is 3.53. The van der Waals surface area contributed by atoms with Gasteiger partial charge in [-0.15, -0.1) is 0 Å². The first kappa shape index (κ1) is 26.8. The summed E-state index contributed by atoms with van der Waals surface area (Å²) < 4.78 is 10.3. The van der Waals surface area contributed by atoms with Gasteiger partial charge in [-0.3, -0.25) is 4.79 Å². The lowest BCUT2D eigenvalue weighted by Crippen LogP contribution is -2.09. The van der Waals surface area contributed by atoms with Crippen LogP contribution in [0, 0.1) is 0 Å². The van der Waals surface area contributed by atoms with Crippen LogP contribution in [0.5, 0.6) is 6.01 Å². The zero-order valence-electron chi connectivity index (χ0n) is 19.6. The highest BCUT2D eigenvalue weighted by molar-refractivity contribution is 6.32. The molecule has 0 atom stereocenters. The first-order valence-corrected chi connectivity index (χ1v) is 11.6. The van der Waals surface area contributed by atoms with Crippen molar-refractivity contribution in [2.45, 2.75) is 39.5 Å². The standard InChI is InChI=1S/C25H31Cl2N3O3/c1-5-6-19(23(31)16-32-3)8-7-17(2)22-15-24(30-25(29-22)33-4)28-14-13-18-9-10-20(26)11-12-21(18)27/h6-7,9-11,15H,5,8,12-14,16H2,1-4H3,(H,28,29,30)/b17-7+,19-6+. The molecule has 6 nitrogen and oxygen atoms in total. The van der Waals surface area contributed by atoms with Gasteiger partial charge in [-0.25, -0.2) is 0 Å². The van der Waals surface area contributed by atoms with Gasteiger partial charge in [0.1, 0.15) is 12.4 Å². The van der Waals surface area contributed by atoms with E-state index < -0.39 is 0 Å². The minimum atomic E-state index is -0.0111.